The Balaban J connectivity index is 0.00000151. The number of ether oxygens (including phenoxy) is 1. The number of nitrogens with one attached hydrogen (secondary N) is 1. The molecule has 0 unspecified atom stereocenters. The normalized spacial score (nSPS) is 14.8. The van der Waals surface area contributed by atoms with Crippen molar-refractivity contribution in [2.45, 2.75) is 13.5 Å². The van der Waals surface area contributed by atoms with Gasteiger partial charge in [-0.25, -0.2) is 0 Å². The number of rotatable bonds is 11. The van der Waals surface area contributed by atoms with Crippen molar-refractivity contribution < 1.29 is 9.53 Å². The smallest absolute Gasteiger partial charge is 0.246 e. The molecule has 1 saturated heterocycles. The molecule has 5 nitrogen and oxygen atoms in total. The van der Waals surface area contributed by atoms with E-state index in [-0.39, 0.29) is 12.5 Å². The molecule has 0 atom stereocenters. The van der Waals surface area contributed by atoms with E-state index in [9.17, 15) is 4.79 Å². The fraction of sp³-hybridized carbons (Fsp3) is 0.400. The Morgan fingerprint density at radius 2 is 1.74 bits per heavy atom. The number of nitrogens with zero attached hydrogens (tertiary/aromatic N) is 2. The highest BCUT2D eigenvalue weighted by Crippen LogP contribution is 2.12. The summed E-state index contributed by atoms with van der Waals surface area (Å²) in [6, 6.07) is 8.04. The molecule has 31 heavy (non-hydrogen) atoms. The van der Waals surface area contributed by atoms with Crippen LogP contribution in [0.15, 0.2) is 73.9 Å². The summed E-state index contributed by atoms with van der Waals surface area (Å²) in [6.07, 6.45) is 6.95. The molecule has 0 aromatic heterocycles. The van der Waals surface area contributed by atoms with Gasteiger partial charge >= 0.3 is 0 Å². The third kappa shape index (κ3) is 12.3. The molecule has 0 radical (unpaired) electrons. The molecule has 2 rings (SSSR count). The Kier molecular flexibility index (Phi) is 14.3. The monoisotopic (exact) mass is 445 g/mol. The summed E-state index contributed by atoms with van der Waals surface area (Å²) in [6.45, 7) is 19.5. The van der Waals surface area contributed by atoms with Crippen LogP contribution in [0.2, 0.25) is 5.02 Å². The van der Waals surface area contributed by atoms with Crippen LogP contribution >= 0.6 is 11.6 Å². The largest absolute Gasteiger partial charge is 0.370 e. The van der Waals surface area contributed by atoms with Crippen molar-refractivity contribution in [3.05, 3.63) is 84.5 Å². The molecule has 1 amide bonds. The molecule has 1 aromatic carbocycles. The minimum Gasteiger partial charge on any atom is -0.370 e. The van der Waals surface area contributed by atoms with Gasteiger partial charge in [-0.05, 0) is 30.2 Å². The van der Waals surface area contributed by atoms with E-state index >= 15 is 0 Å². The number of allylic oxidation sites excluding steroid dienone is 3. The van der Waals surface area contributed by atoms with Gasteiger partial charge in [-0.3, -0.25) is 14.6 Å². The quantitative estimate of drug-likeness (QED) is 0.316. The molecule has 1 fully saturated rings. The van der Waals surface area contributed by atoms with Crippen molar-refractivity contribution >= 4 is 17.5 Å². The van der Waals surface area contributed by atoms with Crippen LogP contribution < -0.4 is 5.32 Å². The van der Waals surface area contributed by atoms with Crippen LogP contribution in [0.1, 0.15) is 12.5 Å². The maximum Gasteiger partial charge on any atom is 0.246 e. The van der Waals surface area contributed by atoms with Crippen LogP contribution in [-0.4, -0.2) is 68.2 Å². The van der Waals surface area contributed by atoms with Crippen LogP contribution in [-0.2, 0) is 16.1 Å². The lowest BCUT2D eigenvalue weighted by Gasteiger charge is -2.34. The zero-order valence-corrected chi connectivity index (χ0v) is 19.4. The molecule has 1 aromatic rings. The Labute approximate surface area is 192 Å². The van der Waals surface area contributed by atoms with E-state index in [4.69, 9.17) is 16.3 Å². The third-order valence-corrected chi connectivity index (χ3v) is 4.91. The van der Waals surface area contributed by atoms with E-state index in [0.29, 0.717) is 13.2 Å². The summed E-state index contributed by atoms with van der Waals surface area (Å²) in [7, 11) is 0. The van der Waals surface area contributed by atoms with Gasteiger partial charge in [-0.2, -0.15) is 0 Å². The van der Waals surface area contributed by atoms with Crippen LogP contribution in [0.4, 0.5) is 0 Å². The summed E-state index contributed by atoms with van der Waals surface area (Å²) in [5, 5.41) is 3.58. The number of benzene rings is 1. The number of carbonyl (C=O) groups is 1. The molecule has 170 valence electrons. The SMILES string of the molecule is C=C/C=C(\C=C)CNC(=O)COCCN1CCN(Cc2ccc(Cl)cc2)CC1.C=CC. The number of halogens is 1. The van der Waals surface area contributed by atoms with Crippen LogP contribution in [0, 0.1) is 0 Å². The molecule has 1 aliphatic heterocycles. The summed E-state index contributed by atoms with van der Waals surface area (Å²) in [4.78, 5) is 16.6. The summed E-state index contributed by atoms with van der Waals surface area (Å²) in [5.74, 6) is -0.121. The molecule has 1 aliphatic rings. The molecular weight excluding hydrogens is 410 g/mol. The Morgan fingerprint density at radius 3 is 2.32 bits per heavy atom. The van der Waals surface area contributed by atoms with Crippen molar-refractivity contribution in [3.63, 3.8) is 0 Å². The van der Waals surface area contributed by atoms with E-state index in [2.05, 4.69) is 47.0 Å². The van der Waals surface area contributed by atoms with Crippen LogP contribution in [0.5, 0.6) is 0 Å². The fourth-order valence-corrected chi connectivity index (χ4v) is 3.11. The van der Waals surface area contributed by atoms with E-state index < -0.39 is 0 Å². The summed E-state index contributed by atoms with van der Waals surface area (Å²) >= 11 is 5.94. The van der Waals surface area contributed by atoms with E-state index in [1.54, 1.807) is 18.2 Å². The number of hydrogen-bond acceptors (Lipinski definition) is 4. The van der Waals surface area contributed by atoms with E-state index in [0.717, 1.165) is 49.9 Å². The van der Waals surface area contributed by atoms with Crippen molar-refractivity contribution in [3.8, 4) is 0 Å². The van der Waals surface area contributed by atoms with Gasteiger partial charge in [0, 0.05) is 50.8 Å². The van der Waals surface area contributed by atoms with Crippen molar-refractivity contribution in [1.29, 1.82) is 0 Å². The van der Waals surface area contributed by atoms with E-state index in [1.807, 2.05) is 25.1 Å². The minimum atomic E-state index is -0.121. The summed E-state index contributed by atoms with van der Waals surface area (Å²) < 4.78 is 5.51. The number of carbonyl (C=O) groups excluding carboxylic acids is 1. The lowest BCUT2D eigenvalue weighted by molar-refractivity contribution is -0.125. The number of hydrogen-bond donors (Lipinski definition) is 1. The van der Waals surface area contributed by atoms with Crippen LogP contribution in [0.3, 0.4) is 0 Å². The predicted octanol–water partition coefficient (Wildman–Crippen LogP) is 4.08. The molecule has 6 heteroatoms. The first kappa shape index (κ1) is 26.9. The minimum absolute atomic E-state index is 0.0784. The van der Waals surface area contributed by atoms with Gasteiger partial charge in [0.2, 0.25) is 5.91 Å². The topological polar surface area (TPSA) is 44.8 Å². The molecule has 0 bridgehead atoms. The zero-order chi connectivity index (χ0) is 22.9. The van der Waals surface area contributed by atoms with Gasteiger partial charge in [0.25, 0.3) is 0 Å². The summed E-state index contributed by atoms with van der Waals surface area (Å²) in [5.41, 5.74) is 2.20. The molecule has 0 aliphatic carbocycles. The maximum absolute atomic E-state index is 11.8. The zero-order valence-electron chi connectivity index (χ0n) is 18.7. The second-order valence-electron chi connectivity index (χ2n) is 7.16. The third-order valence-electron chi connectivity index (χ3n) is 4.65. The molecule has 1 N–H and O–H groups in total. The lowest BCUT2D eigenvalue weighted by Crippen LogP contribution is -2.46. The van der Waals surface area contributed by atoms with Gasteiger partial charge in [0.15, 0.2) is 0 Å². The highest BCUT2D eigenvalue weighted by atomic mass is 35.5. The van der Waals surface area contributed by atoms with Gasteiger partial charge in [0.05, 0.1) is 6.61 Å². The average molecular weight is 446 g/mol. The second-order valence-corrected chi connectivity index (χ2v) is 7.60. The highest BCUT2D eigenvalue weighted by Gasteiger charge is 2.16. The van der Waals surface area contributed by atoms with Crippen LogP contribution in [0.25, 0.3) is 0 Å². The lowest BCUT2D eigenvalue weighted by atomic mass is 10.2. The van der Waals surface area contributed by atoms with Crippen molar-refractivity contribution in [2.24, 2.45) is 0 Å². The Hall–Kier alpha value is -2.18. The number of amides is 1. The van der Waals surface area contributed by atoms with Crippen molar-refractivity contribution in [2.75, 3.05) is 52.5 Å². The van der Waals surface area contributed by atoms with Gasteiger partial charge < -0.3 is 10.1 Å². The molecule has 0 saturated carbocycles. The molecule has 1 heterocycles. The molecular formula is C25H36ClN3O2. The fourth-order valence-electron chi connectivity index (χ4n) is 2.98. The Bertz CT molecular complexity index is 708. The Morgan fingerprint density at radius 1 is 1.13 bits per heavy atom. The molecule has 0 spiro atoms. The highest BCUT2D eigenvalue weighted by molar-refractivity contribution is 6.30. The average Bonchev–Trinajstić information content (AvgIpc) is 2.77. The van der Waals surface area contributed by atoms with Gasteiger partial charge in [0.1, 0.15) is 6.61 Å². The van der Waals surface area contributed by atoms with Crippen molar-refractivity contribution in [1.82, 2.24) is 15.1 Å². The van der Waals surface area contributed by atoms with Gasteiger partial charge in [-0.15, -0.1) is 6.58 Å². The second kappa shape index (κ2) is 16.5. The maximum atomic E-state index is 11.8. The first-order chi connectivity index (χ1) is 15.0. The first-order valence-electron chi connectivity index (χ1n) is 10.6. The van der Waals surface area contributed by atoms with Gasteiger partial charge in [-0.1, -0.05) is 61.2 Å². The predicted molar refractivity (Wildman–Crippen MR) is 131 cm³/mol. The number of piperazine rings is 1. The standard InChI is InChI=1S/C22H30ClN3O2.C3H6/c1-3-5-19(4-2)16-24-22(27)18-28-15-14-25-10-12-26(13-11-25)17-20-6-8-21(23)9-7-20;1-3-2/h3-9H,1-2,10-18H2,(H,24,27);3H,1H2,2H3/b19-5+;. The first-order valence-corrected chi connectivity index (χ1v) is 10.9. The van der Waals surface area contributed by atoms with E-state index in [1.165, 1.54) is 5.56 Å².